The molecule has 0 spiro atoms. The molecule has 0 heterocycles. The minimum atomic E-state index is -0.584. The Morgan fingerprint density at radius 3 is 2.32 bits per heavy atom. The Balaban J connectivity index is 1.97. The Morgan fingerprint density at radius 1 is 1.11 bits per heavy atom. The van der Waals surface area contributed by atoms with Gasteiger partial charge in [-0.1, -0.05) is 60.7 Å². The smallest absolute Gasteiger partial charge is 0.408 e. The fraction of sp³-hybridized carbons (Fsp3) is 0.364. The SMILES string of the molecule is CC(C)(C)OC(=O)NC/C=[N+](\[O-])C(COCc1ccccc1)c1ccccc1. The molecule has 0 saturated heterocycles. The van der Waals surface area contributed by atoms with Gasteiger partial charge in [0.1, 0.15) is 12.2 Å². The number of hydroxylamine groups is 1. The number of benzene rings is 2. The van der Waals surface area contributed by atoms with Gasteiger partial charge in [-0.15, -0.1) is 0 Å². The van der Waals surface area contributed by atoms with Crippen molar-refractivity contribution in [2.24, 2.45) is 0 Å². The molecule has 0 aromatic heterocycles. The molecule has 0 radical (unpaired) electrons. The number of amides is 1. The summed E-state index contributed by atoms with van der Waals surface area (Å²) in [5.41, 5.74) is 1.31. The Kier molecular flexibility index (Phi) is 8.02. The largest absolute Gasteiger partial charge is 0.623 e. The van der Waals surface area contributed by atoms with Gasteiger partial charge in [0.25, 0.3) is 0 Å². The zero-order valence-corrected chi connectivity index (χ0v) is 16.6. The Bertz CT molecular complexity index is 755. The standard InChI is InChI=1S/C22H28N2O4/c1-22(2,3)28-21(25)23-14-15-24(26)20(19-12-8-5-9-13-19)17-27-16-18-10-6-4-7-11-18/h4-13,15,20H,14,16-17H2,1-3H3,(H,23,25)/b24-15-. The first-order valence-corrected chi connectivity index (χ1v) is 9.27. The summed E-state index contributed by atoms with van der Waals surface area (Å²) in [4.78, 5) is 11.7. The van der Waals surface area contributed by atoms with E-state index < -0.39 is 17.7 Å². The third-order valence-electron chi connectivity index (χ3n) is 3.80. The van der Waals surface area contributed by atoms with Crippen LogP contribution in [-0.2, 0) is 16.1 Å². The van der Waals surface area contributed by atoms with E-state index in [1.54, 1.807) is 20.8 Å². The van der Waals surface area contributed by atoms with E-state index in [0.717, 1.165) is 15.9 Å². The van der Waals surface area contributed by atoms with Crippen molar-refractivity contribution >= 4 is 12.3 Å². The van der Waals surface area contributed by atoms with Crippen LogP contribution in [0.1, 0.15) is 37.9 Å². The van der Waals surface area contributed by atoms with Crippen LogP contribution in [0.2, 0.25) is 0 Å². The Labute approximate surface area is 166 Å². The molecule has 0 aliphatic rings. The summed E-state index contributed by atoms with van der Waals surface area (Å²) in [6, 6.07) is 18.7. The molecule has 2 aromatic carbocycles. The van der Waals surface area contributed by atoms with E-state index in [-0.39, 0.29) is 13.2 Å². The van der Waals surface area contributed by atoms with Crippen LogP contribution in [0.15, 0.2) is 60.7 Å². The second-order valence-corrected chi connectivity index (χ2v) is 7.35. The molecule has 150 valence electrons. The van der Waals surface area contributed by atoms with Crippen LogP contribution < -0.4 is 5.32 Å². The van der Waals surface area contributed by atoms with Crippen LogP contribution >= 0.6 is 0 Å². The molecule has 6 heteroatoms. The molecular weight excluding hydrogens is 356 g/mol. The normalized spacial score (nSPS) is 13.0. The van der Waals surface area contributed by atoms with Gasteiger partial charge in [0.2, 0.25) is 6.04 Å². The van der Waals surface area contributed by atoms with E-state index >= 15 is 0 Å². The van der Waals surface area contributed by atoms with Crippen molar-refractivity contribution in [3.8, 4) is 0 Å². The van der Waals surface area contributed by atoms with E-state index in [4.69, 9.17) is 9.47 Å². The van der Waals surface area contributed by atoms with Gasteiger partial charge < -0.3 is 20.0 Å². The molecule has 0 bridgehead atoms. The van der Waals surface area contributed by atoms with Crippen molar-refractivity contribution < 1.29 is 19.0 Å². The minimum absolute atomic E-state index is 0.0699. The maximum absolute atomic E-state index is 12.6. The summed E-state index contributed by atoms with van der Waals surface area (Å²) < 4.78 is 11.8. The van der Waals surface area contributed by atoms with Crippen LogP contribution in [0.25, 0.3) is 0 Å². The Hall–Kier alpha value is -2.86. The van der Waals surface area contributed by atoms with E-state index in [9.17, 15) is 10.0 Å². The fourth-order valence-electron chi connectivity index (χ4n) is 2.51. The van der Waals surface area contributed by atoms with Gasteiger partial charge >= 0.3 is 6.09 Å². The highest BCUT2D eigenvalue weighted by atomic mass is 16.6. The molecule has 1 amide bonds. The van der Waals surface area contributed by atoms with Crippen LogP contribution in [0, 0.1) is 5.21 Å². The fourth-order valence-corrected chi connectivity index (χ4v) is 2.51. The number of ether oxygens (including phenoxy) is 2. The first-order chi connectivity index (χ1) is 13.3. The monoisotopic (exact) mass is 384 g/mol. The summed E-state index contributed by atoms with van der Waals surface area (Å²) in [6.45, 7) is 6.07. The number of nitrogens with zero attached hydrogens (tertiary/aromatic N) is 1. The second-order valence-electron chi connectivity index (χ2n) is 7.35. The van der Waals surface area contributed by atoms with Crippen molar-refractivity contribution in [1.29, 1.82) is 0 Å². The molecule has 2 rings (SSSR count). The maximum Gasteiger partial charge on any atom is 0.408 e. The lowest BCUT2D eigenvalue weighted by Gasteiger charge is -2.20. The highest BCUT2D eigenvalue weighted by Crippen LogP contribution is 2.17. The van der Waals surface area contributed by atoms with Crippen molar-refractivity contribution in [2.75, 3.05) is 13.2 Å². The molecule has 1 N–H and O–H groups in total. The van der Waals surface area contributed by atoms with E-state index in [0.29, 0.717) is 6.61 Å². The third-order valence-corrected chi connectivity index (χ3v) is 3.80. The summed E-state index contributed by atoms with van der Waals surface area (Å²) in [7, 11) is 0. The first-order valence-electron chi connectivity index (χ1n) is 9.27. The average Bonchev–Trinajstić information content (AvgIpc) is 2.65. The molecule has 0 fully saturated rings. The average molecular weight is 384 g/mol. The van der Waals surface area contributed by atoms with E-state index in [1.807, 2.05) is 60.7 Å². The van der Waals surface area contributed by atoms with Gasteiger partial charge in [0.05, 0.1) is 13.2 Å². The zero-order chi connectivity index (χ0) is 20.4. The number of hydrogen-bond acceptors (Lipinski definition) is 4. The molecule has 0 saturated carbocycles. The van der Waals surface area contributed by atoms with Gasteiger partial charge in [0.15, 0.2) is 6.21 Å². The number of nitrogens with one attached hydrogen (secondary N) is 1. The topological polar surface area (TPSA) is 73.6 Å². The molecular formula is C22H28N2O4. The molecule has 0 aliphatic carbocycles. The molecule has 0 aliphatic heterocycles. The predicted octanol–water partition coefficient (Wildman–Crippen LogP) is 4.05. The molecule has 2 aromatic rings. The lowest BCUT2D eigenvalue weighted by atomic mass is 10.1. The van der Waals surface area contributed by atoms with Gasteiger partial charge in [-0.25, -0.2) is 9.53 Å². The summed E-state index contributed by atoms with van der Waals surface area (Å²) >= 11 is 0. The molecule has 1 unspecified atom stereocenters. The highest BCUT2D eigenvalue weighted by molar-refractivity contribution is 5.71. The van der Waals surface area contributed by atoms with Gasteiger partial charge in [0, 0.05) is 5.56 Å². The van der Waals surface area contributed by atoms with Crippen LogP contribution in [0.3, 0.4) is 0 Å². The third kappa shape index (κ3) is 7.80. The number of alkyl carbamates (subject to hydrolysis) is 1. The van der Waals surface area contributed by atoms with Crippen LogP contribution in [0.5, 0.6) is 0 Å². The van der Waals surface area contributed by atoms with Crippen LogP contribution in [0.4, 0.5) is 4.79 Å². The van der Waals surface area contributed by atoms with Crippen molar-refractivity contribution in [3.05, 3.63) is 77.0 Å². The molecule has 6 nitrogen and oxygen atoms in total. The van der Waals surface area contributed by atoms with E-state index in [1.165, 1.54) is 6.21 Å². The van der Waals surface area contributed by atoms with Gasteiger partial charge in [-0.2, -0.15) is 0 Å². The molecule has 1 atom stereocenters. The number of carbonyl (C=O) groups excluding carboxylic acids is 1. The van der Waals surface area contributed by atoms with Crippen molar-refractivity contribution in [1.82, 2.24) is 5.32 Å². The lowest BCUT2D eigenvalue weighted by Crippen LogP contribution is -2.34. The zero-order valence-electron chi connectivity index (χ0n) is 16.6. The highest BCUT2D eigenvalue weighted by Gasteiger charge is 2.20. The maximum atomic E-state index is 12.6. The van der Waals surface area contributed by atoms with Crippen LogP contribution in [-0.4, -0.2) is 35.8 Å². The van der Waals surface area contributed by atoms with Crippen molar-refractivity contribution in [2.45, 2.75) is 39.0 Å². The van der Waals surface area contributed by atoms with Gasteiger partial charge in [-0.3, -0.25) is 0 Å². The quantitative estimate of drug-likeness (QED) is 0.322. The summed E-state index contributed by atoms with van der Waals surface area (Å²) in [5.74, 6) is 0. The number of carbonyl (C=O) groups is 1. The lowest BCUT2D eigenvalue weighted by molar-refractivity contribution is -0.509. The second kappa shape index (κ2) is 10.5. The summed E-state index contributed by atoms with van der Waals surface area (Å²) in [5, 5.41) is 15.2. The van der Waals surface area contributed by atoms with Gasteiger partial charge in [-0.05, 0) is 26.3 Å². The van der Waals surface area contributed by atoms with E-state index in [2.05, 4.69) is 5.32 Å². The Morgan fingerprint density at radius 2 is 1.71 bits per heavy atom. The van der Waals surface area contributed by atoms with Crippen molar-refractivity contribution in [3.63, 3.8) is 0 Å². The first kappa shape index (κ1) is 21.4. The molecule has 28 heavy (non-hydrogen) atoms. The number of rotatable bonds is 8. The minimum Gasteiger partial charge on any atom is -0.623 e. The number of hydrogen-bond donors (Lipinski definition) is 1. The summed E-state index contributed by atoms with van der Waals surface area (Å²) in [6.07, 6.45) is 0.821. The predicted molar refractivity (Wildman–Crippen MR) is 109 cm³/mol.